The van der Waals surface area contributed by atoms with Crippen LogP contribution in [-0.4, -0.2) is 17.6 Å². The van der Waals surface area contributed by atoms with Gasteiger partial charge < -0.3 is 9.88 Å². The largest absolute Gasteiger partial charge is 0.355 e. The molecule has 1 saturated carbocycles. The van der Waals surface area contributed by atoms with Gasteiger partial charge in [0.1, 0.15) is 5.82 Å². The molecule has 0 spiro atoms. The molecule has 2 unspecified atom stereocenters. The summed E-state index contributed by atoms with van der Waals surface area (Å²) in [6.07, 6.45) is 11.9. The average molecular weight is 363 g/mol. The van der Waals surface area contributed by atoms with Gasteiger partial charge in [0.25, 0.3) is 0 Å². The van der Waals surface area contributed by atoms with Crippen LogP contribution >= 0.6 is 0 Å². The highest BCUT2D eigenvalue weighted by Crippen LogP contribution is 2.40. The van der Waals surface area contributed by atoms with Gasteiger partial charge >= 0.3 is 0 Å². The highest BCUT2D eigenvalue weighted by molar-refractivity contribution is 5.75. The standard InChI is InChI=1S/C25H34N2/c1-16-7-4-10-21(13-16)27-12-6-9-20-15-23(26-25(20)27)24-17(2)14-19-8-5-11-22(19)18(24)3/h14-16,21,26H,4-13H2,1-3H3. The Bertz CT molecular complexity index is 860. The number of rotatable bonds is 2. The van der Waals surface area contributed by atoms with Crippen LogP contribution in [0.25, 0.3) is 11.3 Å². The highest BCUT2D eigenvalue weighted by Gasteiger charge is 2.30. The molecule has 0 saturated heterocycles. The third-order valence-corrected chi connectivity index (χ3v) is 7.50. The molecule has 5 rings (SSSR count). The first-order valence-electron chi connectivity index (χ1n) is 11.2. The van der Waals surface area contributed by atoms with Crippen LogP contribution < -0.4 is 4.90 Å². The van der Waals surface area contributed by atoms with Crippen molar-refractivity contribution in [2.75, 3.05) is 11.4 Å². The van der Waals surface area contributed by atoms with Gasteiger partial charge in [0.05, 0.1) is 0 Å². The van der Waals surface area contributed by atoms with Crippen molar-refractivity contribution in [1.29, 1.82) is 0 Å². The van der Waals surface area contributed by atoms with Crippen LogP contribution in [0.2, 0.25) is 0 Å². The molecule has 3 aliphatic rings. The van der Waals surface area contributed by atoms with Gasteiger partial charge in [-0.1, -0.05) is 25.8 Å². The molecule has 144 valence electrons. The molecule has 1 aliphatic heterocycles. The van der Waals surface area contributed by atoms with E-state index in [0.717, 1.165) is 12.0 Å². The Morgan fingerprint density at radius 2 is 1.81 bits per heavy atom. The maximum absolute atomic E-state index is 3.91. The summed E-state index contributed by atoms with van der Waals surface area (Å²) in [6, 6.07) is 5.68. The van der Waals surface area contributed by atoms with Crippen molar-refractivity contribution >= 4 is 5.82 Å². The molecule has 1 fully saturated rings. The van der Waals surface area contributed by atoms with Crippen LogP contribution in [0.5, 0.6) is 0 Å². The summed E-state index contributed by atoms with van der Waals surface area (Å²) < 4.78 is 0. The van der Waals surface area contributed by atoms with Gasteiger partial charge in [0.15, 0.2) is 0 Å². The number of anilines is 1. The van der Waals surface area contributed by atoms with Crippen molar-refractivity contribution in [1.82, 2.24) is 4.98 Å². The van der Waals surface area contributed by atoms with Crippen LogP contribution in [-0.2, 0) is 19.3 Å². The van der Waals surface area contributed by atoms with E-state index in [4.69, 9.17) is 0 Å². The lowest BCUT2D eigenvalue weighted by atomic mass is 9.85. The third-order valence-electron chi connectivity index (χ3n) is 7.50. The van der Waals surface area contributed by atoms with Crippen molar-refractivity contribution in [2.45, 2.75) is 84.6 Å². The number of benzene rings is 1. The molecule has 0 bridgehead atoms. The van der Waals surface area contributed by atoms with E-state index in [2.05, 4.69) is 42.8 Å². The van der Waals surface area contributed by atoms with Crippen LogP contribution in [0.15, 0.2) is 12.1 Å². The van der Waals surface area contributed by atoms with Crippen molar-refractivity contribution in [3.8, 4) is 11.3 Å². The lowest BCUT2D eigenvalue weighted by molar-refractivity contribution is 0.325. The topological polar surface area (TPSA) is 19.0 Å². The predicted octanol–water partition coefficient (Wildman–Crippen LogP) is 6.12. The lowest BCUT2D eigenvalue weighted by Crippen LogP contribution is -2.41. The number of aromatic amines is 1. The smallest absolute Gasteiger partial charge is 0.109 e. The summed E-state index contributed by atoms with van der Waals surface area (Å²) >= 11 is 0. The SMILES string of the molecule is Cc1cc2c(c(C)c1-c1cc3c([nH]1)N(C1CCCC(C)C1)CCC3)CCC2. The Morgan fingerprint density at radius 1 is 0.963 bits per heavy atom. The van der Waals surface area contributed by atoms with Crippen molar-refractivity contribution in [2.24, 2.45) is 5.92 Å². The molecule has 2 heteroatoms. The molecule has 0 radical (unpaired) electrons. The van der Waals surface area contributed by atoms with Crippen LogP contribution in [0.4, 0.5) is 5.82 Å². The molecule has 1 aromatic heterocycles. The Kier molecular flexibility index (Phi) is 4.33. The summed E-state index contributed by atoms with van der Waals surface area (Å²) in [5.41, 5.74) is 10.6. The second-order valence-corrected chi connectivity index (χ2v) is 9.46. The van der Waals surface area contributed by atoms with E-state index in [0.29, 0.717) is 0 Å². The number of hydrogen-bond acceptors (Lipinski definition) is 1. The molecule has 1 N–H and O–H groups in total. The summed E-state index contributed by atoms with van der Waals surface area (Å²) in [7, 11) is 0. The molecule has 2 atom stereocenters. The maximum atomic E-state index is 3.91. The first-order valence-corrected chi connectivity index (χ1v) is 11.2. The van der Waals surface area contributed by atoms with E-state index in [1.165, 1.54) is 92.5 Å². The number of aryl methyl sites for hydroxylation is 3. The number of hydrogen-bond donors (Lipinski definition) is 1. The zero-order valence-corrected chi connectivity index (χ0v) is 17.3. The fraction of sp³-hybridized carbons (Fsp3) is 0.600. The molecular formula is C25H34N2. The van der Waals surface area contributed by atoms with Gasteiger partial charge in [0, 0.05) is 23.8 Å². The number of fused-ring (bicyclic) bond motifs is 2. The number of H-pyrrole nitrogens is 1. The summed E-state index contributed by atoms with van der Waals surface area (Å²) in [4.78, 5) is 6.64. The van der Waals surface area contributed by atoms with Gasteiger partial charge in [-0.3, -0.25) is 0 Å². The third kappa shape index (κ3) is 2.92. The van der Waals surface area contributed by atoms with Crippen molar-refractivity contribution in [3.63, 3.8) is 0 Å². The van der Waals surface area contributed by atoms with Crippen molar-refractivity contribution in [3.05, 3.63) is 39.9 Å². The van der Waals surface area contributed by atoms with E-state index >= 15 is 0 Å². The van der Waals surface area contributed by atoms with E-state index in [1.807, 2.05) is 0 Å². The lowest BCUT2D eigenvalue weighted by Gasteiger charge is -2.40. The maximum Gasteiger partial charge on any atom is 0.109 e. The Labute approximate surface area is 164 Å². The predicted molar refractivity (Wildman–Crippen MR) is 115 cm³/mol. The van der Waals surface area contributed by atoms with Crippen LogP contribution in [0.3, 0.4) is 0 Å². The van der Waals surface area contributed by atoms with Gasteiger partial charge in [-0.05, 0) is 98.6 Å². The minimum atomic E-state index is 0.738. The monoisotopic (exact) mass is 362 g/mol. The molecule has 1 aromatic carbocycles. The first-order chi connectivity index (χ1) is 13.1. The molecule has 0 amide bonds. The highest BCUT2D eigenvalue weighted by atomic mass is 15.2. The Balaban J connectivity index is 1.54. The quantitative estimate of drug-likeness (QED) is 0.682. The van der Waals surface area contributed by atoms with Crippen LogP contribution in [0, 0.1) is 19.8 Å². The van der Waals surface area contributed by atoms with Crippen LogP contribution in [0.1, 0.15) is 73.3 Å². The number of nitrogens with one attached hydrogen (secondary N) is 1. The summed E-state index contributed by atoms with van der Waals surface area (Å²) in [5, 5.41) is 0. The van der Waals surface area contributed by atoms with Gasteiger partial charge in [-0.25, -0.2) is 0 Å². The van der Waals surface area contributed by atoms with Crippen molar-refractivity contribution < 1.29 is 0 Å². The molecule has 2 aliphatic carbocycles. The van der Waals surface area contributed by atoms with Gasteiger partial charge in [-0.2, -0.15) is 0 Å². The summed E-state index contributed by atoms with van der Waals surface area (Å²) in [6.45, 7) is 8.33. The van der Waals surface area contributed by atoms with Gasteiger partial charge in [0.2, 0.25) is 0 Å². The fourth-order valence-corrected chi connectivity index (χ4v) is 6.22. The Morgan fingerprint density at radius 3 is 2.67 bits per heavy atom. The Hall–Kier alpha value is -1.70. The zero-order chi connectivity index (χ0) is 18.5. The molecule has 2 heterocycles. The number of aromatic nitrogens is 1. The fourth-order valence-electron chi connectivity index (χ4n) is 6.22. The van der Waals surface area contributed by atoms with E-state index in [1.54, 1.807) is 16.7 Å². The van der Waals surface area contributed by atoms with Gasteiger partial charge in [-0.15, -0.1) is 0 Å². The normalized spacial score (nSPS) is 24.8. The molecule has 2 nitrogen and oxygen atoms in total. The minimum Gasteiger partial charge on any atom is -0.355 e. The first kappa shape index (κ1) is 17.4. The average Bonchev–Trinajstić information content (AvgIpc) is 3.28. The minimum absolute atomic E-state index is 0.738. The van der Waals surface area contributed by atoms with E-state index < -0.39 is 0 Å². The molecule has 2 aromatic rings. The number of nitrogens with zero attached hydrogens (tertiary/aromatic N) is 1. The van der Waals surface area contributed by atoms with E-state index in [9.17, 15) is 0 Å². The summed E-state index contributed by atoms with van der Waals surface area (Å²) in [5.74, 6) is 2.32. The molecule has 27 heavy (non-hydrogen) atoms. The second kappa shape index (κ2) is 6.72. The molecular weight excluding hydrogens is 328 g/mol. The zero-order valence-electron chi connectivity index (χ0n) is 17.3. The van der Waals surface area contributed by atoms with E-state index in [-0.39, 0.29) is 0 Å². The second-order valence-electron chi connectivity index (χ2n) is 9.46.